The van der Waals surface area contributed by atoms with Gasteiger partial charge in [-0.15, -0.1) is 0 Å². The first-order valence-electron chi connectivity index (χ1n) is 7.24. The molecule has 0 saturated heterocycles. The molecule has 0 amide bonds. The molecular weight excluding hydrogens is 288 g/mol. The van der Waals surface area contributed by atoms with Crippen molar-refractivity contribution in [2.75, 3.05) is 6.26 Å². The maximum atomic E-state index is 5.55. The van der Waals surface area contributed by atoms with E-state index in [2.05, 4.69) is 20.9 Å². The van der Waals surface area contributed by atoms with Crippen LogP contribution in [-0.2, 0) is 13.6 Å². The predicted molar refractivity (Wildman–Crippen MR) is 88.0 cm³/mol. The molecule has 2 heterocycles. The number of aromatic amines is 1. The van der Waals surface area contributed by atoms with E-state index in [1.807, 2.05) is 30.4 Å². The molecule has 20 heavy (non-hydrogen) atoms. The summed E-state index contributed by atoms with van der Waals surface area (Å²) < 4.78 is 5.37. The van der Waals surface area contributed by atoms with Gasteiger partial charge in [-0.1, -0.05) is 19.3 Å². The fourth-order valence-corrected chi connectivity index (χ4v) is 4.64. The second kappa shape index (κ2) is 5.22. The summed E-state index contributed by atoms with van der Waals surface area (Å²) in [5.74, 6) is 0. The number of nitrogens with zero attached hydrogens (tertiary/aromatic N) is 3. The highest BCUT2D eigenvalue weighted by Crippen LogP contribution is 2.40. The maximum absolute atomic E-state index is 5.55. The van der Waals surface area contributed by atoms with Crippen LogP contribution in [0.2, 0.25) is 0 Å². The van der Waals surface area contributed by atoms with Gasteiger partial charge in [-0.25, -0.2) is 0 Å². The Morgan fingerprint density at radius 2 is 2.05 bits per heavy atom. The summed E-state index contributed by atoms with van der Waals surface area (Å²) in [5.41, 5.74) is 3.24. The first kappa shape index (κ1) is 14.2. The molecule has 1 aliphatic rings. The van der Waals surface area contributed by atoms with E-state index in [4.69, 9.17) is 12.2 Å². The summed E-state index contributed by atoms with van der Waals surface area (Å²) in [7, 11) is 2.00. The fraction of sp³-hybridized carbons (Fsp3) is 0.714. The molecule has 2 aromatic heterocycles. The summed E-state index contributed by atoms with van der Waals surface area (Å²) in [6.07, 6.45) is 8.88. The van der Waals surface area contributed by atoms with E-state index in [0.717, 1.165) is 28.2 Å². The predicted octanol–water partition coefficient (Wildman–Crippen LogP) is 3.81. The number of nitrogens with one attached hydrogen (secondary N) is 1. The number of thioether (sulfide) groups is 1. The molecule has 110 valence electrons. The highest BCUT2D eigenvalue weighted by molar-refractivity contribution is 8.00. The number of aromatic nitrogens is 4. The lowest BCUT2D eigenvalue weighted by Gasteiger charge is -2.36. The lowest BCUT2D eigenvalue weighted by molar-refractivity contribution is 0.358. The van der Waals surface area contributed by atoms with Gasteiger partial charge in [0, 0.05) is 18.3 Å². The molecule has 1 N–H and O–H groups in total. The van der Waals surface area contributed by atoms with Crippen LogP contribution in [0.1, 0.15) is 37.8 Å². The van der Waals surface area contributed by atoms with Crippen molar-refractivity contribution in [1.29, 1.82) is 0 Å². The number of fused-ring (bicyclic) bond motifs is 1. The van der Waals surface area contributed by atoms with E-state index in [1.165, 1.54) is 32.1 Å². The minimum Gasteiger partial charge on any atom is -0.328 e. The largest absolute Gasteiger partial charge is 0.328 e. The van der Waals surface area contributed by atoms with Crippen LogP contribution in [-0.4, -0.2) is 30.3 Å². The van der Waals surface area contributed by atoms with Gasteiger partial charge in [0.25, 0.3) is 0 Å². The number of hydrogen-bond donors (Lipinski definition) is 1. The van der Waals surface area contributed by atoms with Crippen molar-refractivity contribution in [3.63, 3.8) is 0 Å². The number of hydrogen-bond acceptors (Lipinski definition) is 3. The smallest absolute Gasteiger partial charge is 0.179 e. The third-order valence-electron chi connectivity index (χ3n) is 4.57. The molecule has 1 fully saturated rings. The van der Waals surface area contributed by atoms with Crippen molar-refractivity contribution in [3.8, 4) is 0 Å². The molecule has 4 nitrogen and oxygen atoms in total. The molecule has 0 atom stereocenters. The second-order valence-corrected chi connectivity index (χ2v) is 7.53. The monoisotopic (exact) mass is 310 g/mol. The van der Waals surface area contributed by atoms with E-state index in [9.17, 15) is 0 Å². The summed E-state index contributed by atoms with van der Waals surface area (Å²) in [6, 6.07) is 0. The lowest BCUT2D eigenvalue weighted by Crippen LogP contribution is -2.33. The Morgan fingerprint density at radius 3 is 2.70 bits per heavy atom. The SMILES string of the molecule is CSC1(Cn2c(=S)[nH]c3c(C)nn(C)c32)CCCCC1. The first-order valence-corrected chi connectivity index (χ1v) is 8.87. The average Bonchev–Trinajstić information content (AvgIpc) is 2.90. The van der Waals surface area contributed by atoms with E-state index < -0.39 is 0 Å². The van der Waals surface area contributed by atoms with Gasteiger partial charge in [0.2, 0.25) is 0 Å². The Hall–Kier alpha value is -0.750. The summed E-state index contributed by atoms with van der Waals surface area (Å²) in [6.45, 7) is 3.02. The Labute approximate surface area is 128 Å². The molecule has 6 heteroatoms. The van der Waals surface area contributed by atoms with Crippen LogP contribution in [0.25, 0.3) is 11.2 Å². The zero-order chi connectivity index (χ0) is 14.3. The number of imidazole rings is 1. The van der Waals surface area contributed by atoms with Crippen LogP contribution in [0.15, 0.2) is 0 Å². The molecule has 2 aromatic rings. The van der Waals surface area contributed by atoms with E-state index >= 15 is 0 Å². The molecule has 1 saturated carbocycles. The van der Waals surface area contributed by atoms with Crippen molar-refractivity contribution < 1.29 is 0 Å². The van der Waals surface area contributed by atoms with Gasteiger partial charge < -0.3 is 9.55 Å². The minimum atomic E-state index is 0.337. The average molecular weight is 310 g/mol. The molecule has 0 bridgehead atoms. The molecule has 1 aliphatic carbocycles. The molecule has 0 spiro atoms. The van der Waals surface area contributed by atoms with Crippen LogP contribution in [0.4, 0.5) is 0 Å². The van der Waals surface area contributed by atoms with Gasteiger partial charge in [0.1, 0.15) is 5.52 Å². The Morgan fingerprint density at radius 1 is 1.35 bits per heavy atom. The van der Waals surface area contributed by atoms with E-state index in [0.29, 0.717) is 4.75 Å². The van der Waals surface area contributed by atoms with Gasteiger partial charge in [0.05, 0.1) is 5.69 Å². The van der Waals surface area contributed by atoms with Gasteiger partial charge in [0.15, 0.2) is 10.4 Å². The van der Waals surface area contributed by atoms with Crippen molar-refractivity contribution in [2.24, 2.45) is 7.05 Å². The standard InChI is InChI=1S/C14H22N4S2/c1-10-11-12(17(2)16-10)18(13(19)15-11)9-14(20-3)7-5-4-6-8-14/h4-9H2,1-3H3,(H,15,19). The Balaban J connectivity index is 2.05. The maximum Gasteiger partial charge on any atom is 0.179 e. The molecule has 0 aliphatic heterocycles. The highest BCUT2D eigenvalue weighted by Gasteiger charge is 2.32. The van der Waals surface area contributed by atoms with Crippen molar-refractivity contribution in [2.45, 2.75) is 50.3 Å². The van der Waals surface area contributed by atoms with Gasteiger partial charge in [-0.2, -0.15) is 16.9 Å². The molecule has 3 rings (SSSR count). The van der Waals surface area contributed by atoms with Crippen LogP contribution in [0, 0.1) is 11.7 Å². The zero-order valence-electron chi connectivity index (χ0n) is 12.4. The number of rotatable bonds is 3. The van der Waals surface area contributed by atoms with Crippen LogP contribution >= 0.6 is 24.0 Å². The van der Waals surface area contributed by atoms with Gasteiger partial charge in [-0.05, 0) is 38.2 Å². The summed E-state index contributed by atoms with van der Waals surface area (Å²) in [5, 5.41) is 4.51. The Kier molecular flexibility index (Phi) is 3.71. The third kappa shape index (κ3) is 2.22. The van der Waals surface area contributed by atoms with Crippen LogP contribution in [0.5, 0.6) is 0 Å². The van der Waals surface area contributed by atoms with Crippen molar-refractivity contribution in [3.05, 3.63) is 10.5 Å². The lowest BCUT2D eigenvalue weighted by atomic mass is 9.88. The number of aryl methyl sites for hydroxylation is 2. The van der Waals surface area contributed by atoms with Crippen molar-refractivity contribution in [1.82, 2.24) is 19.3 Å². The van der Waals surface area contributed by atoms with Gasteiger partial charge >= 0.3 is 0 Å². The molecule has 0 unspecified atom stereocenters. The molecule has 0 aromatic carbocycles. The topological polar surface area (TPSA) is 38.5 Å². The van der Waals surface area contributed by atoms with Crippen LogP contribution in [0.3, 0.4) is 0 Å². The molecule has 0 radical (unpaired) electrons. The second-order valence-electron chi connectivity index (χ2n) is 5.87. The number of H-pyrrole nitrogens is 1. The normalized spacial score (nSPS) is 18.8. The first-order chi connectivity index (χ1) is 9.56. The third-order valence-corrected chi connectivity index (χ3v) is 6.29. The highest BCUT2D eigenvalue weighted by atomic mass is 32.2. The van der Waals surface area contributed by atoms with E-state index in [-0.39, 0.29) is 0 Å². The molecular formula is C14H22N4S2. The van der Waals surface area contributed by atoms with Gasteiger partial charge in [-0.3, -0.25) is 4.68 Å². The van der Waals surface area contributed by atoms with Crippen LogP contribution < -0.4 is 0 Å². The Bertz CT molecular complexity index is 673. The fourth-order valence-electron chi connectivity index (χ4n) is 3.43. The van der Waals surface area contributed by atoms with Crippen molar-refractivity contribution >= 4 is 35.1 Å². The summed E-state index contributed by atoms with van der Waals surface area (Å²) >= 11 is 7.56. The zero-order valence-corrected chi connectivity index (χ0v) is 14.0. The van der Waals surface area contributed by atoms with E-state index in [1.54, 1.807) is 0 Å². The quantitative estimate of drug-likeness (QED) is 0.876. The minimum absolute atomic E-state index is 0.337. The summed E-state index contributed by atoms with van der Waals surface area (Å²) in [4.78, 5) is 3.33.